The molecule has 5 atom stereocenters. The summed E-state index contributed by atoms with van der Waals surface area (Å²) in [5.74, 6) is -3.73. The molecule has 3 aromatic rings. The van der Waals surface area contributed by atoms with Crippen LogP contribution in [0.4, 0.5) is 19.0 Å². The molecular weight excluding hydrogens is 534 g/mol. The summed E-state index contributed by atoms with van der Waals surface area (Å²) in [6.45, 7) is 3.70. The topological polar surface area (TPSA) is 124 Å². The van der Waals surface area contributed by atoms with Gasteiger partial charge in [-0.1, -0.05) is 19.9 Å². The summed E-state index contributed by atoms with van der Waals surface area (Å²) >= 11 is 2.48. The van der Waals surface area contributed by atoms with E-state index in [0.29, 0.717) is 30.1 Å². The Bertz CT molecular complexity index is 1350. The first-order valence-electron chi connectivity index (χ1n) is 12.3. The third-order valence-electron chi connectivity index (χ3n) is 8.37. The van der Waals surface area contributed by atoms with Crippen LogP contribution in [0.15, 0.2) is 29.8 Å². The average Bonchev–Trinajstić information content (AvgIpc) is 3.52. The third kappa shape index (κ3) is 4.53. The number of nitrogens with zero attached hydrogens (tertiary/aromatic N) is 2. The number of rotatable bonds is 6. The van der Waals surface area contributed by atoms with E-state index < -0.39 is 40.0 Å². The Labute approximate surface area is 226 Å². The first-order chi connectivity index (χ1) is 18.1. The average molecular weight is 563 g/mol. The Hall–Kier alpha value is -2.80. The van der Waals surface area contributed by atoms with Gasteiger partial charge in [0, 0.05) is 34.2 Å². The maximum Gasteiger partial charge on any atom is 0.263 e. The first-order valence-corrected chi connectivity index (χ1v) is 14.0. The Morgan fingerprint density at radius 3 is 2.58 bits per heavy atom. The molecular formula is C26H28F2N4O4S2. The van der Waals surface area contributed by atoms with Gasteiger partial charge in [-0.2, -0.15) is 0 Å². The van der Waals surface area contributed by atoms with Gasteiger partial charge in [-0.25, -0.2) is 18.7 Å². The molecule has 0 spiro atoms. The van der Waals surface area contributed by atoms with Crippen LogP contribution < -0.4 is 10.6 Å². The van der Waals surface area contributed by atoms with E-state index in [-0.39, 0.29) is 35.9 Å². The van der Waals surface area contributed by atoms with E-state index in [1.807, 2.05) is 6.92 Å². The summed E-state index contributed by atoms with van der Waals surface area (Å²) in [4.78, 5) is 35.5. The van der Waals surface area contributed by atoms with Gasteiger partial charge in [0.1, 0.15) is 17.2 Å². The highest BCUT2D eigenvalue weighted by Crippen LogP contribution is 2.62. The molecule has 5 rings (SSSR count). The number of hydrogen-bond donors (Lipinski definition) is 4. The number of carbonyl (C=O) groups is 2. The molecule has 1 saturated carbocycles. The van der Waals surface area contributed by atoms with Gasteiger partial charge >= 0.3 is 0 Å². The summed E-state index contributed by atoms with van der Waals surface area (Å²) in [7, 11) is 0. The predicted molar refractivity (Wildman–Crippen MR) is 140 cm³/mol. The molecule has 2 aliphatic carbocycles. The van der Waals surface area contributed by atoms with Gasteiger partial charge in [-0.05, 0) is 42.7 Å². The number of fused-ring (bicyclic) bond motifs is 2. The van der Waals surface area contributed by atoms with Crippen LogP contribution in [0.2, 0.25) is 0 Å². The van der Waals surface area contributed by atoms with E-state index in [4.69, 9.17) is 0 Å². The van der Waals surface area contributed by atoms with Crippen LogP contribution in [0.1, 0.15) is 60.0 Å². The number of thiazole rings is 2. The minimum Gasteiger partial charge on any atom is -0.396 e. The number of aliphatic hydroxyl groups is 2. The lowest BCUT2D eigenvalue weighted by molar-refractivity contribution is -0.143. The standard InChI is InChI=1S/C26H28F2N4O4S2/c1-25-7-6-18(34)26(2,12-33)17(25)11-16-21(13(25)10-19(35)30-23-29-8-9-37-23)31-24(38-16)32-22(36)20-14(27)4-3-5-15(20)28/h3-5,8-9,13,17-18,33-34H,6-7,10-12H2,1-2H3,(H,29,30,35)(H,31,32,36). The normalized spacial score (nSPS) is 28.3. The zero-order valence-corrected chi connectivity index (χ0v) is 22.5. The Balaban J connectivity index is 1.51. The summed E-state index contributed by atoms with van der Waals surface area (Å²) in [6.07, 6.45) is 2.52. The Morgan fingerprint density at radius 1 is 1.18 bits per heavy atom. The van der Waals surface area contributed by atoms with Crippen molar-refractivity contribution in [3.63, 3.8) is 0 Å². The fraction of sp³-hybridized carbons (Fsp3) is 0.462. The number of anilines is 2. The first kappa shape index (κ1) is 26.8. The van der Waals surface area contributed by atoms with Gasteiger partial charge in [0.15, 0.2) is 10.3 Å². The molecule has 2 amide bonds. The minimum absolute atomic E-state index is 0.0796. The van der Waals surface area contributed by atoms with Gasteiger partial charge in [0.2, 0.25) is 5.91 Å². The number of carbonyl (C=O) groups excluding carboxylic acids is 2. The van der Waals surface area contributed by atoms with Crippen molar-refractivity contribution >= 4 is 44.8 Å². The molecule has 202 valence electrons. The van der Waals surface area contributed by atoms with Crippen LogP contribution >= 0.6 is 22.7 Å². The second kappa shape index (κ2) is 10.1. The van der Waals surface area contributed by atoms with Gasteiger partial charge in [-0.15, -0.1) is 22.7 Å². The molecule has 1 aromatic carbocycles. The molecule has 38 heavy (non-hydrogen) atoms. The Morgan fingerprint density at radius 2 is 1.92 bits per heavy atom. The van der Waals surface area contributed by atoms with Crippen LogP contribution in [0.5, 0.6) is 0 Å². The molecule has 2 aromatic heterocycles. The number of hydrogen-bond acceptors (Lipinski definition) is 8. The fourth-order valence-electron chi connectivity index (χ4n) is 6.21. The quantitative estimate of drug-likeness (QED) is 0.349. The molecule has 2 aliphatic rings. The van der Waals surface area contributed by atoms with Crippen molar-refractivity contribution in [1.29, 1.82) is 0 Å². The van der Waals surface area contributed by atoms with Crippen molar-refractivity contribution in [3.8, 4) is 0 Å². The molecule has 0 bridgehead atoms. The van der Waals surface area contributed by atoms with Crippen LogP contribution in [0.25, 0.3) is 0 Å². The highest BCUT2D eigenvalue weighted by atomic mass is 32.1. The van der Waals surface area contributed by atoms with E-state index in [0.717, 1.165) is 17.0 Å². The lowest BCUT2D eigenvalue weighted by Gasteiger charge is -2.58. The predicted octanol–water partition coefficient (Wildman–Crippen LogP) is 4.57. The van der Waals surface area contributed by atoms with Crippen LogP contribution in [0.3, 0.4) is 0 Å². The monoisotopic (exact) mass is 562 g/mol. The van der Waals surface area contributed by atoms with Crippen LogP contribution in [-0.4, -0.2) is 44.7 Å². The lowest BCUT2D eigenvalue weighted by atomic mass is 9.47. The molecule has 0 saturated heterocycles. The summed E-state index contributed by atoms with van der Waals surface area (Å²) in [6, 6.07) is 3.20. The smallest absolute Gasteiger partial charge is 0.263 e. The van der Waals surface area contributed by atoms with Crippen molar-refractivity contribution in [3.05, 3.63) is 57.5 Å². The Kier molecular flexibility index (Phi) is 7.10. The number of aromatic nitrogens is 2. The zero-order valence-electron chi connectivity index (χ0n) is 20.8. The number of aliphatic hydroxyl groups excluding tert-OH is 2. The fourth-order valence-corrected chi connectivity index (χ4v) is 7.82. The summed E-state index contributed by atoms with van der Waals surface area (Å²) < 4.78 is 28.4. The van der Waals surface area contributed by atoms with Gasteiger partial charge < -0.3 is 15.5 Å². The second-order valence-electron chi connectivity index (χ2n) is 10.5. The molecule has 0 aliphatic heterocycles. The molecule has 2 heterocycles. The van der Waals surface area contributed by atoms with Crippen LogP contribution in [0, 0.1) is 28.4 Å². The summed E-state index contributed by atoms with van der Waals surface area (Å²) in [5.41, 5.74) is -1.35. The second-order valence-corrected chi connectivity index (χ2v) is 12.5. The van der Waals surface area contributed by atoms with E-state index in [1.54, 1.807) is 11.6 Å². The summed E-state index contributed by atoms with van der Waals surface area (Å²) in [5, 5.41) is 29.0. The van der Waals surface area contributed by atoms with Crippen molar-refractivity contribution in [2.24, 2.45) is 16.7 Å². The maximum absolute atomic E-state index is 14.2. The van der Waals surface area contributed by atoms with E-state index in [2.05, 4.69) is 27.5 Å². The van der Waals surface area contributed by atoms with Gasteiger partial charge in [-0.3, -0.25) is 14.9 Å². The highest BCUT2D eigenvalue weighted by molar-refractivity contribution is 7.16. The largest absolute Gasteiger partial charge is 0.396 e. The van der Waals surface area contributed by atoms with Crippen molar-refractivity contribution in [2.45, 2.75) is 51.6 Å². The minimum atomic E-state index is -0.980. The van der Waals surface area contributed by atoms with Crippen molar-refractivity contribution in [1.82, 2.24) is 9.97 Å². The molecule has 0 radical (unpaired) electrons. The van der Waals surface area contributed by atoms with Crippen molar-refractivity contribution in [2.75, 3.05) is 17.2 Å². The zero-order chi connectivity index (χ0) is 27.2. The number of benzene rings is 1. The molecule has 12 heteroatoms. The molecule has 4 N–H and O–H groups in total. The van der Waals surface area contributed by atoms with E-state index in [1.165, 1.54) is 28.7 Å². The van der Waals surface area contributed by atoms with Gasteiger partial charge in [0.05, 0.1) is 18.4 Å². The molecule has 5 unspecified atom stereocenters. The van der Waals surface area contributed by atoms with Crippen LogP contribution in [-0.2, 0) is 11.2 Å². The molecule has 1 fully saturated rings. The third-order valence-corrected chi connectivity index (χ3v) is 10.1. The number of halogens is 2. The van der Waals surface area contributed by atoms with E-state index >= 15 is 0 Å². The van der Waals surface area contributed by atoms with Crippen molar-refractivity contribution < 1.29 is 28.6 Å². The highest BCUT2D eigenvalue weighted by Gasteiger charge is 2.59. The SMILES string of the molecule is CC1(CO)C(O)CCC2(C)C(CC(=O)Nc3nccs3)c3nc(NC(=O)c4c(F)cccc4F)sc3CC12. The van der Waals surface area contributed by atoms with Gasteiger partial charge in [0.25, 0.3) is 5.91 Å². The number of nitrogens with one attached hydrogen (secondary N) is 2. The van der Waals surface area contributed by atoms with E-state index in [9.17, 15) is 28.6 Å². The molecule has 8 nitrogen and oxygen atoms in total. The lowest BCUT2D eigenvalue weighted by Crippen LogP contribution is -2.57. The maximum atomic E-state index is 14.2. The number of amides is 2.